The predicted molar refractivity (Wildman–Crippen MR) is 305 cm³/mol. The molecule has 69 heavy (non-hydrogen) atoms. The van der Waals surface area contributed by atoms with Gasteiger partial charge in [0.2, 0.25) is 10.6 Å². The van der Waals surface area contributed by atoms with Crippen molar-refractivity contribution < 1.29 is 9.30 Å². The fourth-order valence-electron chi connectivity index (χ4n) is 10.6. The van der Waals surface area contributed by atoms with Gasteiger partial charge in [-0.05, 0) is 92.2 Å². The van der Waals surface area contributed by atoms with E-state index in [1.807, 2.05) is 34.9 Å². The summed E-state index contributed by atoms with van der Waals surface area (Å²) in [6, 6.07) is 27.1. The van der Waals surface area contributed by atoms with Crippen molar-refractivity contribution in [2.45, 2.75) is 222 Å². The standard InChI is InChI=1S/C62H88N3OS3/c1-5-8-11-14-17-20-23-32-48-63-53-38-26-29-41-56(53)67-59(63)46-44-51-36-35-37-52(45-47-60-64(54-39-27-30-42-57(54)68-60)49-33-24-21-18-15-12-9-6-2)61(51)66-62(4)65(55-40-28-31-43-58(55)69-62)50-34-25-22-19-16-13-10-7-3/h26-31,38-47H,5-25,32-37,48-50H2,1-4H3/q+1. The molecule has 3 aliphatic rings. The van der Waals surface area contributed by atoms with Crippen molar-refractivity contribution in [3.05, 3.63) is 118 Å². The van der Waals surface area contributed by atoms with E-state index >= 15 is 0 Å². The van der Waals surface area contributed by atoms with Gasteiger partial charge in [0.05, 0.1) is 16.4 Å². The molecule has 0 fully saturated rings. The fraction of sp³-hybridized carbons (Fsp3) is 0.565. The number of fused-ring (bicyclic) bond motifs is 3. The highest BCUT2D eigenvalue weighted by atomic mass is 32.2. The van der Waals surface area contributed by atoms with Crippen LogP contribution < -0.4 is 14.4 Å². The third kappa shape index (κ3) is 15.6. The number of aromatic nitrogens is 1. The summed E-state index contributed by atoms with van der Waals surface area (Å²) in [7, 11) is 0. The lowest BCUT2D eigenvalue weighted by Gasteiger charge is -2.39. The van der Waals surface area contributed by atoms with Gasteiger partial charge in [-0.15, -0.1) is 0 Å². The summed E-state index contributed by atoms with van der Waals surface area (Å²) in [5, 5.41) is 2.12. The van der Waals surface area contributed by atoms with Crippen LogP contribution in [0.3, 0.4) is 0 Å². The van der Waals surface area contributed by atoms with Crippen LogP contribution in [0.2, 0.25) is 0 Å². The van der Waals surface area contributed by atoms with Crippen molar-refractivity contribution in [1.29, 1.82) is 0 Å². The lowest BCUT2D eigenvalue weighted by atomic mass is 9.92. The number of anilines is 2. The number of hydrogen-bond acceptors (Lipinski definition) is 6. The van der Waals surface area contributed by atoms with Crippen molar-refractivity contribution >= 4 is 62.5 Å². The number of allylic oxidation sites excluding steroid dienone is 5. The first-order chi connectivity index (χ1) is 34.0. The third-order valence-electron chi connectivity index (χ3n) is 14.5. The van der Waals surface area contributed by atoms with E-state index in [1.54, 1.807) is 0 Å². The molecule has 0 bridgehead atoms. The van der Waals surface area contributed by atoms with Gasteiger partial charge in [0, 0.05) is 48.4 Å². The molecule has 0 saturated heterocycles. The number of thioether (sulfide) groups is 2. The number of aryl methyl sites for hydroxylation is 1. The number of ether oxygens (including phenoxy) is 1. The van der Waals surface area contributed by atoms with E-state index in [2.05, 4.69) is 139 Å². The summed E-state index contributed by atoms with van der Waals surface area (Å²) in [5.41, 5.74) is 6.69. The second-order valence-corrected chi connectivity index (χ2v) is 23.7. The van der Waals surface area contributed by atoms with E-state index in [4.69, 9.17) is 4.74 Å². The Labute approximate surface area is 432 Å². The van der Waals surface area contributed by atoms with Crippen LogP contribution in [0.5, 0.6) is 0 Å². The Kier molecular flexibility index (Phi) is 22.6. The number of benzene rings is 3. The SMILES string of the molecule is CCCCCCCCCCN1/C(=C\C=C2\CCCC(/C=C\c3sc4ccccc4[n+]3CCCCCCCCCC)=C2OC2(C)Sc3ccccc3N2CCCCCCCCCC)Sc2ccccc21. The average molecular weight is 988 g/mol. The van der Waals surface area contributed by atoms with Crippen LogP contribution in [0.25, 0.3) is 16.3 Å². The molecule has 0 amide bonds. The van der Waals surface area contributed by atoms with Crippen LogP contribution in [0, 0.1) is 0 Å². The highest BCUT2D eigenvalue weighted by Gasteiger charge is 2.44. The Morgan fingerprint density at radius 2 is 1.14 bits per heavy atom. The molecule has 1 aromatic heterocycles. The Morgan fingerprint density at radius 3 is 1.83 bits per heavy atom. The van der Waals surface area contributed by atoms with E-state index in [9.17, 15) is 0 Å². The summed E-state index contributed by atoms with van der Waals surface area (Å²) in [6.07, 6.45) is 44.8. The zero-order valence-corrected chi connectivity index (χ0v) is 45.9. The second-order valence-electron chi connectivity index (χ2n) is 20.2. The molecule has 0 saturated carbocycles. The molecule has 7 rings (SSSR count). The molecule has 0 radical (unpaired) electrons. The summed E-state index contributed by atoms with van der Waals surface area (Å²) >= 11 is 5.78. The minimum absolute atomic E-state index is 0.558. The Balaban J connectivity index is 1.17. The summed E-state index contributed by atoms with van der Waals surface area (Å²) in [6.45, 7) is 12.4. The molecule has 3 heterocycles. The Morgan fingerprint density at radius 1 is 0.580 bits per heavy atom. The molecule has 4 nitrogen and oxygen atoms in total. The number of para-hydroxylation sites is 3. The van der Waals surface area contributed by atoms with Gasteiger partial charge < -0.3 is 14.5 Å². The van der Waals surface area contributed by atoms with Gasteiger partial charge in [0.15, 0.2) is 6.54 Å². The smallest absolute Gasteiger partial charge is 0.262 e. The van der Waals surface area contributed by atoms with Crippen LogP contribution >= 0.6 is 34.9 Å². The average Bonchev–Trinajstić information content (AvgIpc) is 4.00. The molecule has 7 heteroatoms. The molecule has 0 spiro atoms. The van der Waals surface area contributed by atoms with Crippen LogP contribution in [0.1, 0.15) is 206 Å². The van der Waals surface area contributed by atoms with Gasteiger partial charge in [-0.1, -0.05) is 227 Å². The summed E-state index contributed by atoms with van der Waals surface area (Å²) in [4.78, 5) is 7.89. The van der Waals surface area contributed by atoms with E-state index in [0.29, 0.717) is 0 Å². The van der Waals surface area contributed by atoms with Crippen molar-refractivity contribution in [1.82, 2.24) is 0 Å². The van der Waals surface area contributed by atoms with E-state index < -0.39 is 5.06 Å². The van der Waals surface area contributed by atoms with Gasteiger partial charge in [-0.3, -0.25) is 0 Å². The topological polar surface area (TPSA) is 19.6 Å². The Hall–Kier alpha value is -3.39. The van der Waals surface area contributed by atoms with Gasteiger partial charge in [0.1, 0.15) is 10.5 Å². The maximum atomic E-state index is 7.71. The molecule has 0 N–H and O–H groups in total. The van der Waals surface area contributed by atoms with Crippen LogP contribution in [0.4, 0.5) is 11.4 Å². The van der Waals surface area contributed by atoms with Gasteiger partial charge in [-0.2, -0.15) is 4.57 Å². The van der Waals surface area contributed by atoms with Crippen molar-refractivity contribution in [3.63, 3.8) is 0 Å². The van der Waals surface area contributed by atoms with E-state index in [-0.39, 0.29) is 0 Å². The minimum atomic E-state index is -0.558. The number of unbranched alkanes of at least 4 members (excludes halogenated alkanes) is 21. The van der Waals surface area contributed by atoms with E-state index in [1.165, 1.54) is 207 Å². The highest BCUT2D eigenvalue weighted by Crippen LogP contribution is 2.53. The quantitative estimate of drug-likeness (QED) is 0.0358. The van der Waals surface area contributed by atoms with Crippen LogP contribution in [-0.2, 0) is 11.3 Å². The molecule has 1 unspecified atom stereocenters. The van der Waals surface area contributed by atoms with E-state index in [0.717, 1.165) is 44.7 Å². The number of rotatable bonds is 32. The number of thiazole rings is 1. The second kappa shape index (κ2) is 29.2. The monoisotopic (exact) mass is 987 g/mol. The zero-order valence-electron chi connectivity index (χ0n) is 43.4. The number of nitrogens with zero attached hydrogens (tertiary/aromatic N) is 3. The normalized spacial score (nSPS) is 18.2. The third-order valence-corrected chi connectivity index (χ3v) is 18.1. The van der Waals surface area contributed by atoms with Gasteiger partial charge >= 0.3 is 0 Å². The first-order valence-electron chi connectivity index (χ1n) is 28.1. The lowest BCUT2D eigenvalue weighted by Crippen LogP contribution is -2.44. The maximum Gasteiger partial charge on any atom is 0.262 e. The van der Waals surface area contributed by atoms with Gasteiger partial charge in [-0.25, -0.2) is 0 Å². The predicted octanol–water partition coefficient (Wildman–Crippen LogP) is 19.7. The lowest BCUT2D eigenvalue weighted by molar-refractivity contribution is -0.669. The molecular formula is C62H88N3OS3+. The highest BCUT2D eigenvalue weighted by molar-refractivity contribution is 8.03. The minimum Gasteiger partial charge on any atom is -0.458 e. The molecule has 3 aromatic carbocycles. The van der Waals surface area contributed by atoms with Crippen LogP contribution in [0.15, 0.2) is 123 Å². The van der Waals surface area contributed by atoms with Crippen LogP contribution in [-0.4, -0.2) is 18.1 Å². The first kappa shape index (κ1) is 53.4. The zero-order chi connectivity index (χ0) is 47.9. The van der Waals surface area contributed by atoms with Crippen molar-refractivity contribution in [3.8, 4) is 0 Å². The first-order valence-corrected chi connectivity index (χ1v) is 30.5. The summed E-state index contributed by atoms with van der Waals surface area (Å²) < 4.78 is 11.7. The largest absolute Gasteiger partial charge is 0.458 e. The molecule has 2 aliphatic heterocycles. The molecule has 1 aliphatic carbocycles. The maximum absolute atomic E-state index is 7.71. The molecular weight excluding hydrogens is 899 g/mol. The molecule has 4 aromatic rings. The number of hydrogen-bond donors (Lipinski definition) is 0. The van der Waals surface area contributed by atoms with Gasteiger partial charge in [0.25, 0.3) is 5.01 Å². The summed E-state index contributed by atoms with van der Waals surface area (Å²) in [5.74, 6) is 1.09. The van der Waals surface area contributed by atoms with Crippen molar-refractivity contribution in [2.75, 3.05) is 22.9 Å². The van der Waals surface area contributed by atoms with Crippen molar-refractivity contribution in [2.24, 2.45) is 0 Å². The molecule has 374 valence electrons. The fourth-order valence-corrected chi connectivity index (χ4v) is 14.0. The Bertz CT molecular complexity index is 2290. The molecule has 1 atom stereocenters.